The monoisotopic (exact) mass is 166 g/mol. The van der Waals surface area contributed by atoms with E-state index in [1.807, 2.05) is 0 Å². The molecule has 62 valence electrons. The summed E-state index contributed by atoms with van der Waals surface area (Å²) in [6, 6.07) is 0. The van der Waals surface area contributed by atoms with Gasteiger partial charge in [0.15, 0.2) is 0 Å². The van der Waals surface area contributed by atoms with E-state index in [0.29, 0.717) is 11.0 Å². The lowest BCUT2D eigenvalue weighted by atomic mass is 9.84. The number of hydrogen-bond acceptors (Lipinski definition) is 0. The molecule has 0 N–H and O–H groups in total. The first kappa shape index (κ1) is 8.79. The molecule has 0 nitrogen and oxygen atoms in total. The third kappa shape index (κ3) is 1.64. The predicted molar refractivity (Wildman–Crippen MR) is 54.9 cm³/mol. The fraction of sp³-hybridized carbons (Fsp3) is 0.600. The van der Waals surface area contributed by atoms with Crippen LogP contribution in [0.4, 0.5) is 0 Å². The molecule has 0 aliphatic heterocycles. The second kappa shape index (κ2) is 2.98. The smallest absolute Gasteiger partial charge is 0.0118 e. The van der Waals surface area contributed by atoms with Gasteiger partial charge in [-0.3, -0.25) is 0 Å². The van der Waals surface area contributed by atoms with Crippen LogP contribution in [-0.2, 0) is 0 Å². The minimum absolute atomic E-state index is 0.545. The van der Waals surface area contributed by atoms with Gasteiger partial charge in [-0.2, -0.15) is 0 Å². The highest BCUT2D eigenvalue weighted by molar-refractivity contribution is 6.15. The molecular weight excluding hydrogens is 148 g/mol. The van der Waals surface area contributed by atoms with Crippen LogP contribution >= 0.6 is 0 Å². The largest absolute Gasteiger partial charge is 0.0774 e. The van der Waals surface area contributed by atoms with Crippen LogP contribution in [0.25, 0.3) is 0 Å². The minimum Gasteiger partial charge on any atom is -0.0774 e. The second-order valence-electron chi connectivity index (χ2n) is 4.27. The maximum absolute atomic E-state index is 2.40. The molecule has 1 unspecified atom stereocenters. The summed E-state index contributed by atoms with van der Waals surface area (Å²) in [7, 11) is 1.27. The standard InChI is InChI=1S/C10H18Si/c1-8(2)10(3,11)9-6-4-5-7-9/h4-9H,1-3,11H3. The van der Waals surface area contributed by atoms with Crippen LogP contribution < -0.4 is 0 Å². The lowest BCUT2D eigenvalue weighted by molar-refractivity contribution is 0.393. The molecule has 0 radical (unpaired) electrons. The molecule has 1 rings (SSSR count). The molecule has 1 aliphatic rings. The molecule has 1 atom stereocenters. The normalized spacial score (nSPS) is 23.3. The van der Waals surface area contributed by atoms with Gasteiger partial charge >= 0.3 is 0 Å². The molecular formula is C10H18Si. The molecule has 0 aromatic heterocycles. The summed E-state index contributed by atoms with van der Waals surface area (Å²) in [5.41, 5.74) is 0. The van der Waals surface area contributed by atoms with Crippen LogP contribution in [0.15, 0.2) is 24.3 Å². The zero-order valence-corrected chi connectivity index (χ0v) is 9.96. The van der Waals surface area contributed by atoms with Crippen LogP contribution in [0.3, 0.4) is 0 Å². The first-order valence-electron chi connectivity index (χ1n) is 4.40. The molecule has 0 spiro atoms. The van der Waals surface area contributed by atoms with E-state index in [0.717, 1.165) is 5.92 Å². The quantitative estimate of drug-likeness (QED) is 0.550. The third-order valence-electron chi connectivity index (χ3n) is 3.10. The lowest BCUT2D eigenvalue weighted by Gasteiger charge is -2.33. The Balaban J connectivity index is 2.72. The molecule has 0 amide bonds. The maximum atomic E-state index is 2.40. The molecule has 0 fully saturated rings. The molecule has 11 heavy (non-hydrogen) atoms. The van der Waals surface area contributed by atoms with Crippen LogP contribution in [0.1, 0.15) is 20.8 Å². The van der Waals surface area contributed by atoms with Crippen molar-refractivity contribution in [1.82, 2.24) is 0 Å². The zero-order chi connectivity index (χ0) is 8.48. The van der Waals surface area contributed by atoms with E-state index in [2.05, 4.69) is 45.1 Å². The van der Waals surface area contributed by atoms with Crippen molar-refractivity contribution in [1.29, 1.82) is 0 Å². The number of allylic oxidation sites excluding steroid dienone is 4. The molecule has 0 aromatic carbocycles. The summed E-state index contributed by atoms with van der Waals surface area (Å²) < 4.78 is 0. The average molecular weight is 166 g/mol. The van der Waals surface area contributed by atoms with Crippen LogP contribution in [0, 0.1) is 11.8 Å². The first-order valence-corrected chi connectivity index (χ1v) is 5.40. The van der Waals surface area contributed by atoms with Gasteiger partial charge in [-0.15, -0.1) is 0 Å². The van der Waals surface area contributed by atoms with Crippen molar-refractivity contribution in [3.63, 3.8) is 0 Å². The van der Waals surface area contributed by atoms with Crippen molar-refractivity contribution in [2.45, 2.75) is 25.8 Å². The highest BCUT2D eigenvalue weighted by Gasteiger charge is 2.29. The van der Waals surface area contributed by atoms with Gasteiger partial charge < -0.3 is 0 Å². The number of rotatable bonds is 2. The van der Waals surface area contributed by atoms with Crippen molar-refractivity contribution in [3.05, 3.63) is 24.3 Å². The molecule has 0 heterocycles. The van der Waals surface area contributed by atoms with E-state index in [9.17, 15) is 0 Å². The highest BCUT2D eigenvalue weighted by atomic mass is 28.1. The zero-order valence-electron chi connectivity index (χ0n) is 7.96. The third-order valence-corrected chi connectivity index (χ3v) is 4.92. The maximum Gasteiger partial charge on any atom is 0.0118 e. The van der Waals surface area contributed by atoms with Crippen molar-refractivity contribution < 1.29 is 0 Å². The van der Waals surface area contributed by atoms with Gasteiger partial charge in [0, 0.05) is 10.2 Å². The van der Waals surface area contributed by atoms with Crippen molar-refractivity contribution >= 4 is 10.2 Å². The Bertz CT molecular complexity index is 175. The van der Waals surface area contributed by atoms with Crippen LogP contribution in [0.5, 0.6) is 0 Å². The van der Waals surface area contributed by atoms with Gasteiger partial charge in [-0.1, -0.05) is 45.1 Å². The fourth-order valence-corrected chi connectivity index (χ4v) is 1.70. The van der Waals surface area contributed by atoms with E-state index in [4.69, 9.17) is 0 Å². The van der Waals surface area contributed by atoms with Crippen molar-refractivity contribution in [2.75, 3.05) is 0 Å². The molecule has 0 saturated carbocycles. The Morgan fingerprint density at radius 3 is 2.09 bits per heavy atom. The lowest BCUT2D eigenvalue weighted by Crippen LogP contribution is -2.22. The van der Waals surface area contributed by atoms with Crippen molar-refractivity contribution in [2.24, 2.45) is 11.8 Å². The summed E-state index contributed by atoms with van der Waals surface area (Å²) in [4.78, 5) is 0. The van der Waals surface area contributed by atoms with Gasteiger partial charge in [-0.25, -0.2) is 0 Å². The molecule has 0 aromatic rings. The van der Waals surface area contributed by atoms with Gasteiger partial charge in [0.05, 0.1) is 0 Å². The summed E-state index contributed by atoms with van der Waals surface area (Å²) in [5, 5.41) is 0.545. The predicted octanol–water partition coefficient (Wildman–Crippen LogP) is 1.93. The Hall–Kier alpha value is -0.303. The van der Waals surface area contributed by atoms with E-state index in [-0.39, 0.29) is 0 Å². The van der Waals surface area contributed by atoms with Gasteiger partial charge in [0.2, 0.25) is 0 Å². The first-order chi connectivity index (χ1) is 5.05. The minimum atomic E-state index is 0.545. The Labute approximate surface area is 72.8 Å². The van der Waals surface area contributed by atoms with E-state index < -0.39 is 0 Å². The SMILES string of the molecule is CC(C)C(C)([SiH3])C1C=CC=C1. The van der Waals surface area contributed by atoms with E-state index >= 15 is 0 Å². The molecule has 0 bridgehead atoms. The van der Waals surface area contributed by atoms with Crippen LogP contribution in [-0.4, -0.2) is 10.2 Å². The van der Waals surface area contributed by atoms with Crippen molar-refractivity contribution in [3.8, 4) is 0 Å². The Morgan fingerprint density at radius 1 is 1.27 bits per heavy atom. The topological polar surface area (TPSA) is 0 Å². The second-order valence-corrected chi connectivity index (χ2v) is 6.43. The average Bonchev–Trinajstić information content (AvgIpc) is 2.37. The van der Waals surface area contributed by atoms with Gasteiger partial charge in [0.25, 0.3) is 0 Å². The molecule has 1 aliphatic carbocycles. The summed E-state index contributed by atoms with van der Waals surface area (Å²) >= 11 is 0. The fourth-order valence-electron chi connectivity index (χ4n) is 1.31. The van der Waals surface area contributed by atoms with Crippen LogP contribution in [0.2, 0.25) is 5.04 Å². The molecule has 1 heteroatoms. The van der Waals surface area contributed by atoms with E-state index in [1.54, 1.807) is 0 Å². The van der Waals surface area contributed by atoms with Gasteiger partial charge in [-0.05, 0) is 16.9 Å². The molecule has 0 saturated heterocycles. The highest BCUT2D eigenvalue weighted by Crippen LogP contribution is 2.42. The summed E-state index contributed by atoms with van der Waals surface area (Å²) in [5.74, 6) is 1.50. The Kier molecular flexibility index (Phi) is 2.38. The Morgan fingerprint density at radius 2 is 1.73 bits per heavy atom. The van der Waals surface area contributed by atoms with E-state index in [1.165, 1.54) is 10.2 Å². The number of hydrogen-bond donors (Lipinski definition) is 0. The summed E-state index contributed by atoms with van der Waals surface area (Å²) in [6.45, 7) is 7.05. The summed E-state index contributed by atoms with van der Waals surface area (Å²) in [6.07, 6.45) is 8.99. The van der Waals surface area contributed by atoms with Gasteiger partial charge in [0.1, 0.15) is 0 Å².